The Bertz CT molecular complexity index is 524. The van der Waals surface area contributed by atoms with Crippen molar-refractivity contribution < 1.29 is 9.90 Å². The molecule has 2 heterocycles. The van der Waals surface area contributed by atoms with Gasteiger partial charge >= 0.3 is 5.97 Å². The zero-order valence-corrected chi connectivity index (χ0v) is 12.7. The smallest absolute Gasteiger partial charge is 0.337 e. The molecule has 2 fully saturated rings. The Kier molecular flexibility index (Phi) is 4.31. The van der Waals surface area contributed by atoms with E-state index < -0.39 is 5.97 Å². The second-order valence-electron chi connectivity index (χ2n) is 5.79. The number of carboxylic acid groups (broad SMARTS) is 1. The molecular formula is C15H20ClN3O2. The summed E-state index contributed by atoms with van der Waals surface area (Å²) in [5, 5.41) is 9.33. The lowest BCUT2D eigenvalue weighted by Crippen LogP contribution is -2.50. The van der Waals surface area contributed by atoms with Crippen LogP contribution in [0, 0.1) is 0 Å². The molecule has 1 N–H and O–H groups in total. The van der Waals surface area contributed by atoms with Gasteiger partial charge in [0.2, 0.25) is 0 Å². The normalized spacial score (nSPS) is 20.9. The molecule has 0 bridgehead atoms. The van der Waals surface area contributed by atoms with Gasteiger partial charge < -0.3 is 10.0 Å². The van der Waals surface area contributed by atoms with Crippen molar-refractivity contribution in [2.75, 3.05) is 31.1 Å². The molecule has 0 radical (unpaired) electrons. The van der Waals surface area contributed by atoms with Crippen LogP contribution < -0.4 is 4.90 Å². The second-order valence-corrected chi connectivity index (χ2v) is 6.20. The van der Waals surface area contributed by atoms with Gasteiger partial charge in [-0.2, -0.15) is 0 Å². The molecular weight excluding hydrogens is 290 g/mol. The summed E-state index contributed by atoms with van der Waals surface area (Å²) in [5.74, 6) is -0.295. The van der Waals surface area contributed by atoms with Gasteiger partial charge in [0, 0.05) is 38.4 Å². The van der Waals surface area contributed by atoms with Crippen LogP contribution in [0.3, 0.4) is 0 Å². The monoisotopic (exact) mass is 309 g/mol. The highest BCUT2D eigenvalue weighted by molar-refractivity contribution is 6.33. The summed E-state index contributed by atoms with van der Waals surface area (Å²) in [6.07, 6.45) is 6.78. The zero-order chi connectivity index (χ0) is 14.8. The van der Waals surface area contributed by atoms with Gasteiger partial charge in [0.15, 0.2) is 0 Å². The Hall–Kier alpha value is -1.33. The quantitative estimate of drug-likeness (QED) is 0.929. The Morgan fingerprint density at radius 2 is 1.90 bits per heavy atom. The first kappa shape index (κ1) is 14.6. The zero-order valence-electron chi connectivity index (χ0n) is 12.0. The molecule has 1 aliphatic heterocycles. The minimum atomic E-state index is -1.01. The topological polar surface area (TPSA) is 56.7 Å². The van der Waals surface area contributed by atoms with Crippen LogP contribution >= 0.6 is 11.6 Å². The fourth-order valence-corrected chi connectivity index (χ4v) is 3.53. The van der Waals surface area contributed by atoms with Crippen molar-refractivity contribution in [3.05, 3.63) is 22.8 Å². The molecule has 1 aliphatic carbocycles. The number of hydrogen-bond donors (Lipinski definition) is 1. The summed E-state index contributed by atoms with van der Waals surface area (Å²) < 4.78 is 0. The van der Waals surface area contributed by atoms with Crippen molar-refractivity contribution in [2.24, 2.45) is 0 Å². The maximum atomic E-state index is 11.1. The van der Waals surface area contributed by atoms with Crippen LogP contribution in [0.2, 0.25) is 5.02 Å². The molecule has 1 saturated heterocycles. The van der Waals surface area contributed by atoms with Gasteiger partial charge in [0.05, 0.1) is 10.6 Å². The van der Waals surface area contributed by atoms with Gasteiger partial charge in [-0.15, -0.1) is 0 Å². The Balaban J connectivity index is 1.66. The van der Waals surface area contributed by atoms with E-state index in [0.29, 0.717) is 5.82 Å². The molecule has 0 atom stereocenters. The molecule has 0 unspecified atom stereocenters. The van der Waals surface area contributed by atoms with Gasteiger partial charge in [-0.3, -0.25) is 4.90 Å². The number of pyridine rings is 1. The molecule has 0 amide bonds. The average molecular weight is 310 g/mol. The van der Waals surface area contributed by atoms with Crippen molar-refractivity contribution >= 4 is 23.4 Å². The van der Waals surface area contributed by atoms with E-state index in [-0.39, 0.29) is 10.6 Å². The minimum Gasteiger partial charge on any atom is -0.478 e. The van der Waals surface area contributed by atoms with E-state index in [9.17, 15) is 4.79 Å². The third-order valence-electron chi connectivity index (χ3n) is 4.55. The minimum absolute atomic E-state index is 0.125. The summed E-state index contributed by atoms with van der Waals surface area (Å²) in [7, 11) is 0. The van der Waals surface area contributed by atoms with E-state index in [2.05, 4.69) is 14.8 Å². The van der Waals surface area contributed by atoms with Gasteiger partial charge in [-0.25, -0.2) is 9.78 Å². The summed E-state index contributed by atoms with van der Waals surface area (Å²) in [4.78, 5) is 20.1. The highest BCUT2D eigenvalue weighted by Crippen LogP contribution is 2.26. The molecule has 5 nitrogen and oxygen atoms in total. The van der Waals surface area contributed by atoms with Crippen LogP contribution in [0.4, 0.5) is 5.82 Å². The van der Waals surface area contributed by atoms with E-state index in [1.165, 1.54) is 31.9 Å². The third kappa shape index (κ3) is 3.14. The highest BCUT2D eigenvalue weighted by Gasteiger charge is 2.26. The van der Waals surface area contributed by atoms with Crippen LogP contribution in [-0.4, -0.2) is 53.2 Å². The van der Waals surface area contributed by atoms with E-state index >= 15 is 0 Å². The van der Waals surface area contributed by atoms with Crippen molar-refractivity contribution in [1.29, 1.82) is 0 Å². The molecule has 0 spiro atoms. The lowest BCUT2D eigenvalue weighted by atomic mass is 10.1. The van der Waals surface area contributed by atoms with E-state index in [0.717, 1.165) is 32.2 Å². The molecule has 1 aromatic rings. The number of anilines is 1. The lowest BCUT2D eigenvalue weighted by Gasteiger charge is -2.38. The predicted molar refractivity (Wildman–Crippen MR) is 82.2 cm³/mol. The molecule has 2 aliphatic rings. The number of aromatic carboxylic acids is 1. The molecule has 1 aromatic heterocycles. The maximum absolute atomic E-state index is 11.1. The number of carbonyl (C=O) groups is 1. The van der Waals surface area contributed by atoms with Crippen LogP contribution in [0.5, 0.6) is 0 Å². The van der Waals surface area contributed by atoms with Crippen LogP contribution in [-0.2, 0) is 0 Å². The summed E-state index contributed by atoms with van der Waals surface area (Å²) >= 11 is 5.87. The fraction of sp³-hybridized carbons (Fsp3) is 0.600. The molecule has 6 heteroatoms. The third-order valence-corrected chi connectivity index (χ3v) is 4.85. The van der Waals surface area contributed by atoms with E-state index in [1.54, 1.807) is 6.07 Å². The number of nitrogens with zero attached hydrogens (tertiary/aromatic N) is 3. The van der Waals surface area contributed by atoms with Crippen molar-refractivity contribution in [3.8, 4) is 0 Å². The number of carboxylic acids is 1. The standard InChI is InChI=1S/C15H20ClN3O2/c16-13-10-17-14(9-12(13)15(20)21)19-7-5-18(6-8-19)11-3-1-2-4-11/h9-11H,1-8H2,(H,20,21). The first-order valence-corrected chi connectivity index (χ1v) is 7.91. The number of piperazine rings is 1. The van der Waals surface area contributed by atoms with Crippen LogP contribution in [0.15, 0.2) is 12.3 Å². The Morgan fingerprint density at radius 3 is 2.52 bits per heavy atom. The molecule has 114 valence electrons. The largest absolute Gasteiger partial charge is 0.478 e. The maximum Gasteiger partial charge on any atom is 0.337 e. The number of aromatic nitrogens is 1. The molecule has 0 aromatic carbocycles. The van der Waals surface area contributed by atoms with Crippen molar-refractivity contribution in [1.82, 2.24) is 9.88 Å². The van der Waals surface area contributed by atoms with Crippen LogP contribution in [0.1, 0.15) is 36.0 Å². The van der Waals surface area contributed by atoms with Gasteiger partial charge in [-0.1, -0.05) is 24.4 Å². The lowest BCUT2D eigenvalue weighted by molar-refractivity contribution is 0.0697. The van der Waals surface area contributed by atoms with E-state index in [1.807, 2.05) is 0 Å². The van der Waals surface area contributed by atoms with E-state index in [4.69, 9.17) is 16.7 Å². The van der Waals surface area contributed by atoms with Gasteiger partial charge in [-0.05, 0) is 18.9 Å². The van der Waals surface area contributed by atoms with Gasteiger partial charge in [0.25, 0.3) is 0 Å². The molecule has 21 heavy (non-hydrogen) atoms. The molecule has 1 saturated carbocycles. The van der Waals surface area contributed by atoms with Gasteiger partial charge in [0.1, 0.15) is 5.82 Å². The van der Waals surface area contributed by atoms with Crippen molar-refractivity contribution in [3.63, 3.8) is 0 Å². The predicted octanol–water partition coefficient (Wildman–Crippen LogP) is 2.50. The summed E-state index contributed by atoms with van der Waals surface area (Å²) in [5.41, 5.74) is 0.125. The summed E-state index contributed by atoms with van der Waals surface area (Å²) in [6.45, 7) is 3.84. The second kappa shape index (κ2) is 6.20. The molecule has 3 rings (SSSR count). The first-order chi connectivity index (χ1) is 10.1. The number of hydrogen-bond acceptors (Lipinski definition) is 4. The SMILES string of the molecule is O=C(O)c1cc(N2CCN(C3CCCC3)CC2)ncc1Cl. The number of rotatable bonds is 3. The summed E-state index contributed by atoms with van der Waals surface area (Å²) in [6, 6.07) is 2.33. The van der Waals surface area contributed by atoms with Crippen LogP contribution in [0.25, 0.3) is 0 Å². The van der Waals surface area contributed by atoms with Crippen molar-refractivity contribution in [2.45, 2.75) is 31.7 Å². The highest BCUT2D eigenvalue weighted by atomic mass is 35.5. The Labute approximate surface area is 129 Å². The fourth-order valence-electron chi connectivity index (χ4n) is 3.35. The Morgan fingerprint density at radius 1 is 1.24 bits per heavy atom. The first-order valence-electron chi connectivity index (χ1n) is 7.53. The number of halogens is 1. The average Bonchev–Trinajstić information content (AvgIpc) is 3.02.